The van der Waals surface area contributed by atoms with Crippen molar-refractivity contribution in [1.82, 2.24) is 9.80 Å². The van der Waals surface area contributed by atoms with Crippen LogP contribution in [0.2, 0.25) is 0 Å². The minimum absolute atomic E-state index is 0.0473. The molecule has 1 saturated carbocycles. The zero-order valence-corrected chi connectivity index (χ0v) is 20.8. The number of carbonyl (C=O) groups excluding carboxylic acids is 2. The van der Waals surface area contributed by atoms with Gasteiger partial charge in [-0.05, 0) is 42.7 Å². The quantitative estimate of drug-likeness (QED) is 0.511. The summed E-state index contributed by atoms with van der Waals surface area (Å²) in [5.74, 6) is 0.160. The van der Waals surface area contributed by atoms with E-state index in [0.717, 1.165) is 42.7 Å². The molecular formula is C28H35N3O5. The Morgan fingerprint density at radius 2 is 1.67 bits per heavy atom. The minimum Gasteiger partial charge on any atom is -0.481 e. The zero-order chi connectivity index (χ0) is 25.5. The van der Waals surface area contributed by atoms with Crippen LogP contribution in [0.3, 0.4) is 0 Å². The molecular weight excluding hydrogens is 458 g/mol. The van der Waals surface area contributed by atoms with Gasteiger partial charge in [-0.25, -0.2) is 4.79 Å². The maximum atomic E-state index is 12.7. The van der Waals surface area contributed by atoms with Gasteiger partial charge in [0.25, 0.3) is 0 Å². The molecule has 2 N–H and O–H groups in total. The van der Waals surface area contributed by atoms with Crippen LogP contribution in [0, 0.1) is 11.8 Å². The first-order valence-electron chi connectivity index (χ1n) is 12.7. The predicted octanol–water partition coefficient (Wildman–Crippen LogP) is 4.33. The number of hydrogen-bond acceptors (Lipinski definition) is 5. The van der Waals surface area contributed by atoms with E-state index in [9.17, 15) is 14.4 Å². The number of carbonyl (C=O) groups is 3. The van der Waals surface area contributed by atoms with E-state index in [1.165, 1.54) is 0 Å². The summed E-state index contributed by atoms with van der Waals surface area (Å²) >= 11 is 0. The molecule has 8 nitrogen and oxygen atoms in total. The molecule has 2 aromatic rings. The SMILES string of the molecule is CN(CCCC(=O)O)C(=O)CCN1CC2CC(OC(=O)Nc3ccccc3-c3ccccc3)CC2C1. The third-order valence-electron chi connectivity index (χ3n) is 7.26. The fraction of sp³-hybridized carbons (Fsp3) is 0.464. The Morgan fingerprint density at radius 3 is 2.36 bits per heavy atom. The van der Waals surface area contributed by atoms with Crippen LogP contribution in [-0.2, 0) is 14.3 Å². The van der Waals surface area contributed by atoms with Crippen molar-refractivity contribution in [2.45, 2.75) is 38.2 Å². The van der Waals surface area contributed by atoms with Crippen molar-refractivity contribution in [3.63, 3.8) is 0 Å². The summed E-state index contributed by atoms with van der Waals surface area (Å²) in [5, 5.41) is 11.7. The van der Waals surface area contributed by atoms with Gasteiger partial charge in [0, 0.05) is 51.6 Å². The monoisotopic (exact) mass is 493 g/mol. The Hall–Kier alpha value is -3.39. The number of likely N-dealkylation sites (tertiary alicyclic amines) is 1. The number of carboxylic acid groups (broad SMARTS) is 1. The molecule has 2 unspecified atom stereocenters. The Labute approximate surface area is 212 Å². The molecule has 1 aliphatic heterocycles. The van der Waals surface area contributed by atoms with Crippen molar-refractivity contribution >= 4 is 23.7 Å². The number of benzene rings is 2. The summed E-state index contributed by atoms with van der Waals surface area (Å²) in [6, 6.07) is 17.7. The molecule has 0 radical (unpaired) electrons. The Balaban J connectivity index is 1.19. The Bertz CT molecular complexity index is 1050. The molecule has 1 aliphatic carbocycles. The number of nitrogens with one attached hydrogen (secondary N) is 1. The number of hydrogen-bond donors (Lipinski definition) is 2. The van der Waals surface area contributed by atoms with Gasteiger partial charge in [-0.1, -0.05) is 48.5 Å². The van der Waals surface area contributed by atoms with Crippen molar-refractivity contribution < 1.29 is 24.2 Å². The van der Waals surface area contributed by atoms with Gasteiger partial charge in [0.2, 0.25) is 5.91 Å². The molecule has 1 heterocycles. The summed E-state index contributed by atoms with van der Waals surface area (Å²) < 4.78 is 5.79. The molecule has 0 bridgehead atoms. The van der Waals surface area contributed by atoms with E-state index in [4.69, 9.17) is 9.84 Å². The normalized spacial score (nSPS) is 21.1. The number of ether oxygens (including phenoxy) is 1. The largest absolute Gasteiger partial charge is 0.481 e. The Kier molecular flexibility index (Phi) is 8.59. The van der Waals surface area contributed by atoms with E-state index in [-0.39, 0.29) is 18.4 Å². The van der Waals surface area contributed by atoms with Gasteiger partial charge in [-0.3, -0.25) is 14.9 Å². The van der Waals surface area contributed by atoms with Crippen LogP contribution < -0.4 is 5.32 Å². The highest BCUT2D eigenvalue weighted by Gasteiger charge is 2.42. The van der Waals surface area contributed by atoms with Gasteiger partial charge in [-0.15, -0.1) is 0 Å². The van der Waals surface area contributed by atoms with Gasteiger partial charge in [-0.2, -0.15) is 0 Å². The average Bonchev–Trinajstić information content (AvgIpc) is 3.41. The van der Waals surface area contributed by atoms with Crippen LogP contribution in [0.15, 0.2) is 54.6 Å². The fourth-order valence-electron chi connectivity index (χ4n) is 5.41. The van der Waals surface area contributed by atoms with Crippen molar-refractivity contribution in [2.75, 3.05) is 38.5 Å². The van der Waals surface area contributed by atoms with Gasteiger partial charge in [0.15, 0.2) is 0 Å². The maximum Gasteiger partial charge on any atom is 0.411 e. The van der Waals surface area contributed by atoms with Crippen LogP contribution in [0.1, 0.15) is 32.1 Å². The fourth-order valence-corrected chi connectivity index (χ4v) is 5.41. The average molecular weight is 494 g/mol. The maximum absolute atomic E-state index is 12.7. The summed E-state index contributed by atoms with van der Waals surface area (Å²) in [5.41, 5.74) is 2.72. The third kappa shape index (κ3) is 6.85. The first kappa shape index (κ1) is 25.7. The first-order chi connectivity index (χ1) is 17.4. The lowest BCUT2D eigenvalue weighted by Crippen LogP contribution is -2.33. The number of carboxylic acids is 1. The van der Waals surface area contributed by atoms with Gasteiger partial charge >= 0.3 is 12.1 Å². The lowest BCUT2D eigenvalue weighted by atomic mass is 10.0. The smallest absolute Gasteiger partial charge is 0.411 e. The molecule has 2 atom stereocenters. The number of aliphatic carboxylic acids is 1. The van der Waals surface area contributed by atoms with Crippen molar-refractivity contribution in [3.8, 4) is 11.1 Å². The molecule has 2 aromatic carbocycles. The lowest BCUT2D eigenvalue weighted by Gasteiger charge is -2.21. The second-order valence-corrected chi connectivity index (χ2v) is 9.88. The summed E-state index contributed by atoms with van der Waals surface area (Å²) in [6.07, 6.45) is 2.17. The molecule has 8 heteroatoms. The molecule has 2 amide bonds. The third-order valence-corrected chi connectivity index (χ3v) is 7.26. The van der Waals surface area contributed by atoms with Gasteiger partial charge < -0.3 is 19.6 Å². The molecule has 192 valence electrons. The van der Waals surface area contributed by atoms with E-state index < -0.39 is 12.1 Å². The standard InChI is InChI=1S/C28H35N3O5/c1-30(14-7-12-27(33)34)26(32)13-15-31-18-21-16-23(17-22(21)19-31)36-28(35)29-25-11-6-5-10-24(25)20-8-3-2-4-9-20/h2-6,8-11,21-23H,7,12-19H2,1H3,(H,29,35)(H,33,34). The van der Waals surface area contributed by atoms with Crippen molar-refractivity contribution in [1.29, 1.82) is 0 Å². The van der Waals surface area contributed by atoms with Crippen LogP contribution in [0.4, 0.5) is 10.5 Å². The number of amides is 2. The highest BCUT2D eigenvalue weighted by Crippen LogP contribution is 2.39. The van der Waals surface area contributed by atoms with Crippen molar-refractivity contribution in [3.05, 3.63) is 54.6 Å². The first-order valence-corrected chi connectivity index (χ1v) is 12.7. The van der Waals surface area contributed by atoms with Crippen LogP contribution >= 0.6 is 0 Å². The highest BCUT2D eigenvalue weighted by atomic mass is 16.6. The van der Waals surface area contributed by atoms with E-state index in [0.29, 0.717) is 37.8 Å². The molecule has 0 spiro atoms. The number of nitrogens with zero attached hydrogens (tertiary/aromatic N) is 2. The predicted molar refractivity (Wildman–Crippen MR) is 138 cm³/mol. The van der Waals surface area contributed by atoms with E-state index in [1.54, 1.807) is 11.9 Å². The molecule has 4 rings (SSSR count). The van der Waals surface area contributed by atoms with Crippen LogP contribution in [0.5, 0.6) is 0 Å². The summed E-state index contributed by atoms with van der Waals surface area (Å²) in [4.78, 5) is 39.6. The zero-order valence-electron chi connectivity index (χ0n) is 20.8. The molecule has 0 aromatic heterocycles. The minimum atomic E-state index is -0.837. The van der Waals surface area contributed by atoms with Gasteiger partial charge in [0.1, 0.15) is 6.10 Å². The van der Waals surface area contributed by atoms with Gasteiger partial charge in [0.05, 0.1) is 5.69 Å². The topological polar surface area (TPSA) is 99.2 Å². The number of rotatable bonds is 10. The van der Waals surface area contributed by atoms with Crippen molar-refractivity contribution in [2.24, 2.45) is 11.8 Å². The molecule has 36 heavy (non-hydrogen) atoms. The number of fused-ring (bicyclic) bond motifs is 1. The molecule has 2 aliphatic rings. The second-order valence-electron chi connectivity index (χ2n) is 9.88. The Morgan fingerprint density at radius 1 is 1.00 bits per heavy atom. The van der Waals surface area contributed by atoms with E-state index in [1.807, 2.05) is 54.6 Å². The van der Waals surface area contributed by atoms with E-state index in [2.05, 4.69) is 10.2 Å². The van der Waals surface area contributed by atoms with E-state index >= 15 is 0 Å². The molecule has 1 saturated heterocycles. The molecule has 2 fully saturated rings. The lowest BCUT2D eigenvalue weighted by molar-refractivity contribution is -0.138. The highest BCUT2D eigenvalue weighted by molar-refractivity contribution is 5.91. The second kappa shape index (κ2) is 12.0. The summed E-state index contributed by atoms with van der Waals surface area (Å²) in [7, 11) is 1.73. The number of para-hydroxylation sites is 1. The summed E-state index contributed by atoms with van der Waals surface area (Å²) in [6.45, 7) is 3.00. The number of anilines is 1. The van der Waals surface area contributed by atoms with Crippen LogP contribution in [-0.4, -0.2) is 72.2 Å². The van der Waals surface area contributed by atoms with Crippen LogP contribution in [0.25, 0.3) is 11.1 Å².